The summed E-state index contributed by atoms with van der Waals surface area (Å²) in [6.07, 6.45) is 1.86. The molecule has 0 unspecified atom stereocenters. The van der Waals surface area contributed by atoms with Crippen molar-refractivity contribution in [2.75, 3.05) is 5.32 Å². The van der Waals surface area contributed by atoms with Gasteiger partial charge in [0.15, 0.2) is 0 Å². The van der Waals surface area contributed by atoms with Crippen LogP contribution in [0.1, 0.15) is 27.3 Å². The topological polar surface area (TPSA) is 62.7 Å². The third kappa shape index (κ3) is 3.22. The van der Waals surface area contributed by atoms with E-state index in [-0.39, 0.29) is 5.91 Å². The van der Waals surface area contributed by atoms with Crippen LogP contribution >= 0.6 is 11.6 Å². The fourth-order valence-corrected chi connectivity index (χ4v) is 3.54. The van der Waals surface area contributed by atoms with Crippen molar-refractivity contribution in [3.8, 4) is 0 Å². The number of anilines is 1. The number of hydrogen-bond donors (Lipinski definition) is 2. The maximum absolute atomic E-state index is 13.0. The van der Waals surface area contributed by atoms with E-state index in [2.05, 4.69) is 15.4 Å². The first-order valence-corrected chi connectivity index (χ1v) is 9.07. The number of carbonyl (C=O) groups is 1. The number of H-pyrrole nitrogens is 1. The molecule has 2 heterocycles. The van der Waals surface area contributed by atoms with E-state index in [0.717, 1.165) is 27.8 Å². The molecule has 0 radical (unpaired) electrons. The van der Waals surface area contributed by atoms with Crippen molar-refractivity contribution in [2.24, 2.45) is 0 Å². The molecule has 4 aromatic rings. The van der Waals surface area contributed by atoms with Gasteiger partial charge in [-0.3, -0.25) is 9.48 Å². The SMILES string of the molecule is Cc1nn(Cc2ccccc2Cl)c(C)c1C(=O)Nc1cccc2[nH]ccc12. The summed E-state index contributed by atoms with van der Waals surface area (Å²) < 4.78 is 1.82. The Bertz CT molecular complexity index is 1140. The van der Waals surface area contributed by atoms with Crippen molar-refractivity contribution in [1.29, 1.82) is 0 Å². The summed E-state index contributed by atoms with van der Waals surface area (Å²) in [6, 6.07) is 15.4. The van der Waals surface area contributed by atoms with Gasteiger partial charge in [0, 0.05) is 27.8 Å². The predicted molar refractivity (Wildman–Crippen MR) is 109 cm³/mol. The number of fused-ring (bicyclic) bond motifs is 1. The first kappa shape index (κ1) is 17.4. The highest BCUT2D eigenvalue weighted by molar-refractivity contribution is 6.31. The molecule has 0 bridgehead atoms. The van der Waals surface area contributed by atoms with Gasteiger partial charge in [-0.2, -0.15) is 5.10 Å². The van der Waals surface area contributed by atoms with Crippen molar-refractivity contribution in [1.82, 2.24) is 14.8 Å². The molecule has 0 spiro atoms. The van der Waals surface area contributed by atoms with Crippen molar-refractivity contribution in [3.05, 3.63) is 82.3 Å². The van der Waals surface area contributed by atoms with E-state index >= 15 is 0 Å². The fraction of sp³-hybridized carbons (Fsp3) is 0.143. The number of nitrogens with one attached hydrogen (secondary N) is 2. The van der Waals surface area contributed by atoms with Crippen molar-refractivity contribution >= 4 is 34.1 Å². The molecule has 0 saturated heterocycles. The van der Waals surface area contributed by atoms with Crippen molar-refractivity contribution in [2.45, 2.75) is 20.4 Å². The minimum absolute atomic E-state index is 0.163. The van der Waals surface area contributed by atoms with Crippen LogP contribution in [0.3, 0.4) is 0 Å². The second kappa shape index (κ2) is 6.93. The van der Waals surface area contributed by atoms with Gasteiger partial charge in [-0.25, -0.2) is 0 Å². The molecule has 2 aromatic heterocycles. The maximum Gasteiger partial charge on any atom is 0.259 e. The van der Waals surface area contributed by atoms with E-state index in [1.165, 1.54) is 0 Å². The zero-order chi connectivity index (χ0) is 19.0. The number of rotatable bonds is 4. The molecule has 6 heteroatoms. The lowest BCUT2D eigenvalue weighted by molar-refractivity contribution is 0.102. The number of aromatic nitrogens is 3. The molecule has 0 aliphatic rings. The van der Waals surface area contributed by atoms with E-state index in [4.69, 9.17) is 11.6 Å². The van der Waals surface area contributed by atoms with E-state index in [1.807, 2.05) is 73.3 Å². The van der Waals surface area contributed by atoms with Gasteiger partial charge in [0.25, 0.3) is 5.91 Å². The number of hydrogen-bond acceptors (Lipinski definition) is 2. The highest BCUT2D eigenvalue weighted by atomic mass is 35.5. The van der Waals surface area contributed by atoms with Crippen molar-refractivity contribution < 1.29 is 4.79 Å². The third-order valence-corrected chi connectivity index (χ3v) is 5.10. The molecule has 136 valence electrons. The van der Waals surface area contributed by atoms with E-state index in [9.17, 15) is 4.79 Å². The van der Waals surface area contributed by atoms with Gasteiger partial charge in [0.2, 0.25) is 0 Å². The highest BCUT2D eigenvalue weighted by Gasteiger charge is 2.20. The summed E-state index contributed by atoms with van der Waals surface area (Å²) >= 11 is 6.26. The monoisotopic (exact) mass is 378 g/mol. The zero-order valence-electron chi connectivity index (χ0n) is 15.1. The van der Waals surface area contributed by atoms with Gasteiger partial charge < -0.3 is 10.3 Å². The average Bonchev–Trinajstić information content (AvgIpc) is 3.22. The van der Waals surface area contributed by atoms with Crippen molar-refractivity contribution in [3.63, 3.8) is 0 Å². The Labute approximate surface area is 162 Å². The molecule has 2 aromatic carbocycles. The number of carbonyl (C=O) groups excluding carboxylic acids is 1. The fourth-order valence-electron chi connectivity index (χ4n) is 3.35. The minimum atomic E-state index is -0.163. The molecule has 27 heavy (non-hydrogen) atoms. The van der Waals surface area contributed by atoms with Gasteiger partial charge in [0.1, 0.15) is 0 Å². The Morgan fingerprint density at radius 1 is 1.15 bits per heavy atom. The van der Waals surface area contributed by atoms with Gasteiger partial charge in [-0.1, -0.05) is 35.9 Å². The molecule has 0 atom stereocenters. The van der Waals surface area contributed by atoms with Crippen LogP contribution in [0.5, 0.6) is 0 Å². The summed E-state index contributed by atoms with van der Waals surface area (Å²) in [5.74, 6) is -0.163. The first-order chi connectivity index (χ1) is 13.0. The Morgan fingerprint density at radius 2 is 1.96 bits per heavy atom. The number of halogens is 1. The lowest BCUT2D eigenvalue weighted by atomic mass is 10.1. The highest BCUT2D eigenvalue weighted by Crippen LogP contribution is 2.24. The number of aryl methyl sites for hydroxylation is 1. The number of amides is 1. The van der Waals surface area contributed by atoms with Crippen LogP contribution in [0.15, 0.2) is 54.7 Å². The standard InChI is InChI=1S/C21H19ClN4O/c1-13-20(14(2)26(25-13)12-15-6-3-4-7-17(15)22)21(27)24-19-9-5-8-18-16(19)10-11-23-18/h3-11,23H,12H2,1-2H3,(H,24,27). The molecule has 0 saturated carbocycles. The Balaban J connectivity index is 1.64. The van der Waals surface area contributed by atoms with Gasteiger partial charge in [0.05, 0.1) is 23.5 Å². The molecular formula is C21H19ClN4O. The van der Waals surface area contributed by atoms with Gasteiger partial charge >= 0.3 is 0 Å². The smallest absolute Gasteiger partial charge is 0.259 e. The predicted octanol–water partition coefficient (Wildman–Crippen LogP) is 4.94. The molecular weight excluding hydrogens is 360 g/mol. The molecule has 0 aliphatic heterocycles. The van der Waals surface area contributed by atoms with Gasteiger partial charge in [-0.05, 0) is 43.7 Å². The summed E-state index contributed by atoms with van der Waals surface area (Å²) in [4.78, 5) is 16.1. The number of aromatic amines is 1. The van der Waals surface area contributed by atoms with Crippen LogP contribution in [0.4, 0.5) is 5.69 Å². The van der Waals surface area contributed by atoms with Crippen LogP contribution < -0.4 is 5.32 Å². The first-order valence-electron chi connectivity index (χ1n) is 8.69. The third-order valence-electron chi connectivity index (χ3n) is 4.73. The number of nitrogens with zero attached hydrogens (tertiary/aromatic N) is 2. The maximum atomic E-state index is 13.0. The Morgan fingerprint density at radius 3 is 2.78 bits per heavy atom. The summed E-state index contributed by atoms with van der Waals surface area (Å²) in [5, 5.41) is 9.24. The summed E-state index contributed by atoms with van der Waals surface area (Å²) in [6.45, 7) is 4.28. The summed E-state index contributed by atoms with van der Waals surface area (Å²) in [7, 11) is 0. The van der Waals surface area contributed by atoms with Crippen LogP contribution in [0.2, 0.25) is 5.02 Å². The van der Waals surface area contributed by atoms with Crippen LogP contribution in [-0.4, -0.2) is 20.7 Å². The van der Waals surface area contributed by atoms with Crippen LogP contribution in [0, 0.1) is 13.8 Å². The second-order valence-corrected chi connectivity index (χ2v) is 6.90. The van der Waals surface area contributed by atoms with Crippen LogP contribution in [0.25, 0.3) is 10.9 Å². The molecule has 5 nitrogen and oxygen atoms in total. The average molecular weight is 379 g/mol. The van der Waals surface area contributed by atoms with E-state index in [1.54, 1.807) is 0 Å². The molecule has 2 N–H and O–H groups in total. The Hall–Kier alpha value is -3.05. The Kier molecular flexibility index (Phi) is 4.46. The second-order valence-electron chi connectivity index (χ2n) is 6.49. The normalized spacial score (nSPS) is 11.1. The summed E-state index contributed by atoms with van der Waals surface area (Å²) in [5.41, 5.74) is 4.82. The zero-order valence-corrected chi connectivity index (χ0v) is 15.8. The van der Waals surface area contributed by atoms with Gasteiger partial charge in [-0.15, -0.1) is 0 Å². The lowest BCUT2D eigenvalue weighted by Gasteiger charge is -2.09. The number of benzene rings is 2. The van der Waals surface area contributed by atoms with E-state index in [0.29, 0.717) is 22.8 Å². The minimum Gasteiger partial charge on any atom is -0.361 e. The lowest BCUT2D eigenvalue weighted by Crippen LogP contribution is -2.14. The largest absolute Gasteiger partial charge is 0.361 e. The van der Waals surface area contributed by atoms with E-state index < -0.39 is 0 Å². The molecule has 4 rings (SSSR count). The molecule has 0 aliphatic carbocycles. The molecule has 1 amide bonds. The van der Waals surface area contributed by atoms with Crippen LogP contribution in [-0.2, 0) is 6.54 Å². The molecule has 0 fully saturated rings. The quantitative estimate of drug-likeness (QED) is 0.528.